The normalized spacial score (nSPS) is 18.4. The molecular formula is C10H19NSn. The van der Waals surface area contributed by atoms with Gasteiger partial charge in [0.25, 0.3) is 0 Å². The predicted molar refractivity (Wildman–Crippen MR) is 56.5 cm³/mol. The summed E-state index contributed by atoms with van der Waals surface area (Å²) < 4.78 is 3.48. The Kier molecular flexibility index (Phi) is 3.76. The van der Waals surface area contributed by atoms with Crippen LogP contribution in [0.2, 0.25) is 14.8 Å². The fraction of sp³-hybridized carbons (Fsp3) is 0.800. The van der Waals surface area contributed by atoms with Crippen LogP contribution in [-0.4, -0.2) is 36.4 Å². The number of rotatable bonds is 0. The Bertz CT molecular complexity index is 188. The van der Waals surface area contributed by atoms with E-state index >= 15 is 0 Å². The van der Waals surface area contributed by atoms with E-state index in [-0.39, 0.29) is 0 Å². The van der Waals surface area contributed by atoms with E-state index in [4.69, 9.17) is 0 Å². The molecule has 0 aromatic rings. The third-order valence-corrected chi connectivity index (χ3v) is 4.40. The van der Waals surface area contributed by atoms with Crippen molar-refractivity contribution < 1.29 is 0 Å². The zero-order valence-electron chi connectivity index (χ0n) is 8.48. The van der Waals surface area contributed by atoms with E-state index in [1.54, 1.807) is 0 Å². The van der Waals surface area contributed by atoms with Gasteiger partial charge >= 0.3 is 80.4 Å². The summed E-state index contributed by atoms with van der Waals surface area (Å²) in [5.41, 5.74) is 0. The molecule has 1 aliphatic heterocycles. The predicted octanol–water partition coefficient (Wildman–Crippen LogP) is 2.31. The summed E-state index contributed by atoms with van der Waals surface area (Å²) in [5.74, 6) is 0. The second-order valence-electron chi connectivity index (χ2n) is 4.53. The van der Waals surface area contributed by atoms with Gasteiger partial charge in [-0.2, -0.15) is 0 Å². The molecule has 0 spiro atoms. The van der Waals surface area contributed by atoms with Gasteiger partial charge in [0.15, 0.2) is 0 Å². The molecule has 0 bridgehead atoms. The molecule has 0 unspecified atom stereocenters. The van der Waals surface area contributed by atoms with Crippen molar-refractivity contribution in [1.82, 2.24) is 4.90 Å². The van der Waals surface area contributed by atoms with Gasteiger partial charge in [-0.25, -0.2) is 0 Å². The van der Waals surface area contributed by atoms with E-state index in [9.17, 15) is 0 Å². The average molecular weight is 272 g/mol. The number of nitrogens with zero attached hydrogens (tertiary/aromatic N) is 1. The van der Waals surface area contributed by atoms with E-state index < -0.39 is 18.4 Å². The average Bonchev–Trinajstić information content (AvgIpc) is 2.02. The standard InChI is InChI=1S/C7H10N.3CH3.Sn/c1-2-8-6-4-3-5-7-8;;;;/h3-7H2;3*1H3;. The minimum atomic E-state index is -1.81. The van der Waals surface area contributed by atoms with Crippen LogP contribution in [0, 0.1) is 9.98 Å². The third kappa shape index (κ3) is 4.25. The minimum absolute atomic E-state index is 1.20. The molecule has 12 heavy (non-hydrogen) atoms. The van der Waals surface area contributed by atoms with Gasteiger partial charge < -0.3 is 0 Å². The van der Waals surface area contributed by atoms with Gasteiger partial charge in [-0.1, -0.05) is 0 Å². The fourth-order valence-electron chi connectivity index (χ4n) is 1.25. The molecule has 0 N–H and O–H groups in total. The van der Waals surface area contributed by atoms with Gasteiger partial charge in [-0.15, -0.1) is 0 Å². The maximum atomic E-state index is 3.48. The summed E-state index contributed by atoms with van der Waals surface area (Å²) in [4.78, 5) is 9.41. The van der Waals surface area contributed by atoms with Crippen molar-refractivity contribution in [3.05, 3.63) is 0 Å². The Morgan fingerprint density at radius 2 is 1.58 bits per heavy atom. The SMILES string of the molecule is [CH3][Sn]([CH3])([CH3])[C]#CN1CCCCC1. The third-order valence-electron chi connectivity index (χ3n) is 1.95. The second kappa shape index (κ2) is 4.41. The van der Waals surface area contributed by atoms with E-state index in [2.05, 4.69) is 29.7 Å². The molecule has 0 aliphatic carbocycles. The molecule has 0 amide bonds. The van der Waals surface area contributed by atoms with Crippen LogP contribution in [0.15, 0.2) is 0 Å². The van der Waals surface area contributed by atoms with Crippen molar-refractivity contribution in [2.45, 2.75) is 34.1 Å². The van der Waals surface area contributed by atoms with Gasteiger partial charge in [-0.05, 0) is 0 Å². The van der Waals surface area contributed by atoms with Crippen molar-refractivity contribution in [1.29, 1.82) is 0 Å². The zero-order valence-corrected chi connectivity index (χ0v) is 11.3. The molecule has 1 rings (SSSR count). The van der Waals surface area contributed by atoms with Crippen LogP contribution < -0.4 is 0 Å². The van der Waals surface area contributed by atoms with E-state index in [0.717, 1.165) is 0 Å². The van der Waals surface area contributed by atoms with Crippen molar-refractivity contribution in [2.75, 3.05) is 13.1 Å². The van der Waals surface area contributed by atoms with E-state index in [0.29, 0.717) is 0 Å². The first-order valence-corrected chi connectivity index (χ1v) is 14.8. The molecule has 68 valence electrons. The molecule has 1 nitrogen and oxygen atoms in total. The number of hydrogen-bond acceptors (Lipinski definition) is 1. The summed E-state index contributed by atoms with van der Waals surface area (Å²) in [6.45, 7) is 2.41. The Morgan fingerprint density at radius 3 is 2.08 bits per heavy atom. The number of hydrogen-bond donors (Lipinski definition) is 0. The van der Waals surface area contributed by atoms with Crippen LogP contribution in [0.4, 0.5) is 0 Å². The van der Waals surface area contributed by atoms with Crippen molar-refractivity contribution in [2.24, 2.45) is 0 Å². The van der Waals surface area contributed by atoms with E-state index in [1.165, 1.54) is 32.4 Å². The molecule has 0 atom stereocenters. The monoisotopic (exact) mass is 273 g/mol. The topological polar surface area (TPSA) is 3.24 Å². The molecule has 0 saturated carbocycles. The van der Waals surface area contributed by atoms with Crippen molar-refractivity contribution in [3.63, 3.8) is 0 Å². The van der Waals surface area contributed by atoms with Gasteiger partial charge in [0, 0.05) is 0 Å². The molecule has 0 aromatic heterocycles. The van der Waals surface area contributed by atoms with Gasteiger partial charge in [0.2, 0.25) is 0 Å². The molecule has 1 heterocycles. The molecule has 1 fully saturated rings. The summed E-state index contributed by atoms with van der Waals surface area (Å²) in [5, 5.41) is 0. The van der Waals surface area contributed by atoms with E-state index in [1.807, 2.05) is 0 Å². The van der Waals surface area contributed by atoms with Crippen molar-refractivity contribution in [3.8, 4) is 9.98 Å². The van der Waals surface area contributed by atoms with Gasteiger partial charge in [0.05, 0.1) is 0 Å². The number of piperidine rings is 1. The molecule has 2 heteroatoms. The zero-order chi connectivity index (χ0) is 9.03. The summed E-state index contributed by atoms with van der Waals surface area (Å²) in [6, 6.07) is 3.34. The van der Waals surface area contributed by atoms with Crippen LogP contribution in [0.3, 0.4) is 0 Å². The molecule has 1 aliphatic rings. The summed E-state index contributed by atoms with van der Waals surface area (Å²) in [6.07, 6.45) is 4.08. The first kappa shape index (κ1) is 10.2. The molecule has 1 saturated heterocycles. The molecular weight excluding hydrogens is 253 g/mol. The second-order valence-corrected chi connectivity index (χ2v) is 18.1. The summed E-state index contributed by atoms with van der Waals surface area (Å²) >= 11 is -1.81. The van der Waals surface area contributed by atoms with Crippen LogP contribution in [0.5, 0.6) is 0 Å². The van der Waals surface area contributed by atoms with Gasteiger partial charge in [-0.3, -0.25) is 0 Å². The number of likely N-dealkylation sites (tertiary alicyclic amines) is 1. The van der Waals surface area contributed by atoms with Crippen LogP contribution >= 0.6 is 0 Å². The van der Waals surface area contributed by atoms with Crippen LogP contribution in [0.1, 0.15) is 19.3 Å². The van der Waals surface area contributed by atoms with Gasteiger partial charge in [0.1, 0.15) is 0 Å². The first-order valence-electron chi connectivity index (χ1n) is 4.86. The Labute approximate surface area is 80.4 Å². The first-order chi connectivity index (χ1) is 5.58. The van der Waals surface area contributed by atoms with Crippen LogP contribution in [0.25, 0.3) is 0 Å². The summed E-state index contributed by atoms with van der Waals surface area (Å²) in [7, 11) is 0. The Morgan fingerprint density at radius 1 is 1.00 bits per heavy atom. The Hall–Kier alpha value is 0.159. The molecule has 0 aromatic carbocycles. The molecule has 0 radical (unpaired) electrons. The fourth-order valence-corrected chi connectivity index (χ4v) is 2.66. The maximum absolute atomic E-state index is 3.48. The van der Waals surface area contributed by atoms with Crippen LogP contribution in [-0.2, 0) is 0 Å². The quantitative estimate of drug-likeness (QED) is 0.483. The van der Waals surface area contributed by atoms with Crippen molar-refractivity contribution >= 4 is 18.4 Å². The Balaban J connectivity index is 2.41.